The van der Waals surface area contributed by atoms with Crippen molar-refractivity contribution in [2.24, 2.45) is 17.6 Å². The summed E-state index contributed by atoms with van der Waals surface area (Å²) in [6, 6.07) is 5.79. The van der Waals surface area contributed by atoms with Gasteiger partial charge in [-0.3, -0.25) is 0 Å². The zero-order chi connectivity index (χ0) is 11.7. The fourth-order valence-corrected chi connectivity index (χ4v) is 3.06. The summed E-state index contributed by atoms with van der Waals surface area (Å²) in [5, 5.41) is 9.62. The predicted octanol–water partition coefficient (Wildman–Crippen LogP) is 2.65. The van der Waals surface area contributed by atoms with E-state index in [1.807, 2.05) is 6.07 Å². The van der Waals surface area contributed by atoms with Crippen LogP contribution in [0.1, 0.15) is 37.3 Å². The molecule has 1 aromatic carbocycles. The number of fused-ring (bicyclic) bond motifs is 1. The molecule has 2 atom stereocenters. The molecule has 2 rings (SSSR count). The molecule has 0 radical (unpaired) electrons. The molecule has 0 saturated heterocycles. The molecule has 0 bridgehead atoms. The highest BCUT2D eigenvalue weighted by Gasteiger charge is 2.30. The average Bonchev–Trinajstić information content (AvgIpc) is 2.26. The molecule has 2 unspecified atom stereocenters. The number of phenols is 1. The molecule has 0 heterocycles. The third-order valence-electron chi connectivity index (χ3n) is 3.80. The van der Waals surface area contributed by atoms with Crippen molar-refractivity contribution in [1.82, 2.24) is 0 Å². The van der Waals surface area contributed by atoms with Gasteiger partial charge in [0.05, 0.1) is 0 Å². The highest BCUT2D eigenvalue weighted by atomic mass is 16.3. The first kappa shape index (κ1) is 11.5. The molecule has 1 aliphatic rings. The number of hydrogen-bond donors (Lipinski definition) is 2. The average molecular weight is 219 g/mol. The van der Waals surface area contributed by atoms with Gasteiger partial charge in [-0.2, -0.15) is 0 Å². The van der Waals surface area contributed by atoms with Crippen molar-refractivity contribution in [3.63, 3.8) is 0 Å². The lowest BCUT2D eigenvalue weighted by molar-refractivity contribution is 0.310. The molecule has 16 heavy (non-hydrogen) atoms. The third-order valence-corrected chi connectivity index (χ3v) is 3.80. The summed E-state index contributed by atoms with van der Waals surface area (Å²) < 4.78 is 0. The quantitative estimate of drug-likeness (QED) is 0.803. The van der Waals surface area contributed by atoms with E-state index < -0.39 is 0 Å². The second-order valence-corrected chi connectivity index (χ2v) is 5.19. The maximum Gasteiger partial charge on any atom is 0.115 e. The number of aromatic hydroxyl groups is 1. The van der Waals surface area contributed by atoms with E-state index in [-0.39, 0.29) is 0 Å². The number of nitrogens with two attached hydrogens (primary N) is 1. The Morgan fingerprint density at radius 3 is 2.81 bits per heavy atom. The van der Waals surface area contributed by atoms with Gasteiger partial charge >= 0.3 is 0 Å². The summed E-state index contributed by atoms with van der Waals surface area (Å²) >= 11 is 0. The van der Waals surface area contributed by atoms with Gasteiger partial charge in [-0.15, -0.1) is 0 Å². The van der Waals surface area contributed by atoms with E-state index in [0.29, 0.717) is 23.5 Å². The lowest BCUT2D eigenvalue weighted by Crippen LogP contribution is -2.30. The van der Waals surface area contributed by atoms with Gasteiger partial charge in [0.15, 0.2) is 0 Å². The first-order valence-corrected chi connectivity index (χ1v) is 6.15. The minimum Gasteiger partial charge on any atom is -0.508 e. The Balaban J connectivity index is 2.43. The smallest absolute Gasteiger partial charge is 0.115 e. The molecule has 0 amide bonds. The van der Waals surface area contributed by atoms with Crippen LogP contribution in [0.2, 0.25) is 0 Å². The van der Waals surface area contributed by atoms with Crippen LogP contribution < -0.4 is 5.73 Å². The van der Waals surface area contributed by atoms with Crippen molar-refractivity contribution in [3.05, 3.63) is 29.3 Å². The summed E-state index contributed by atoms with van der Waals surface area (Å²) in [7, 11) is 0. The van der Waals surface area contributed by atoms with E-state index in [0.717, 1.165) is 13.0 Å². The first-order chi connectivity index (χ1) is 7.63. The molecule has 0 spiro atoms. The van der Waals surface area contributed by atoms with E-state index >= 15 is 0 Å². The van der Waals surface area contributed by atoms with Crippen LogP contribution in [0.5, 0.6) is 5.75 Å². The van der Waals surface area contributed by atoms with Gasteiger partial charge in [-0.1, -0.05) is 19.9 Å². The van der Waals surface area contributed by atoms with Crippen molar-refractivity contribution in [1.29, 1.82) is 0 Å². The van der Waals surface area contributed by atoms with Crippen LogP contribution in [0, 0.1) is 11.8 Å². The third kappa shape index (κ3) is 1.94. The molecule has 0 saturated carbocycles. The first-order valence-electron chi connectivity index (χ1n) is 6.15. The highest BCUT2D eigenvalue weighted by Crippen LogP contribution is 2.41. The number of hydrogen-bond acceptors (Lipinski definition) is 2. The van der Waals surface area contributed by atoms with Crippen molar-refractivity contribution in [3.8, 4) is 5.75 Å². The highest BCUT2D eigenvalue weighted by molar-refractivity contribution is 5.39. The number of rotatable bonds is 2. The maximum absolute atomic E-state index is 9.62. The molecule has 0 aromatic heterocycles. The van der Waals surface area contributed by atoms with Crippen LogP contribution in [0.3, 0.4) is 0 Å². The Labute approximate surface area is 97.5 Å². The van der Waals surface area contributed by atoms with E-state index in [1.54, 1.807) is 6.07 Å². The standard InChI is InChI=1S/C14H21NO/c1-9(2)14-11(8-15)4-3-10-5-6-12(16)7-13(10)14/h5-7,9,11,14,16H,3-4,8,15H2,1-2H3. The summed E-state index contributed by atoms with van der Waals surface area (Å²) in [4.78, 5) is 0. The van der Waals surface area contributed by atoms with Crippen LogP contribution in [0.4, 0.5) is 0 Å². The van der Waals surface area contributed by atoms with E-state index in [4.69, 9.17) is 5.73 Å². The van der Waals surface area contributed by atoms with Crippen molar-refractivity contribution in [2.75, 3.05) is 6.54 Å². The van der Waals surface area contributed by atoms with Gasteiger partial charge in [0.25, 0.3) is 0 Å². The van der Waals surface area contributed by atoms with E-state index in [1.165, 1.54) is 17.5 Å². The molecular weight excluding hydrogens is 198 g/mol. The zero-order valence-electron chi connectivity index (χ0n) is 10.1. The molecule has 2 heteroatoms. The van der Waals surface area contributed by atoms with Crippen LogP contribution in [0.25, 0.3) is 0 Å². The molecule has 88 valence electrons. The van der Waals surface area contributed by atoms with Crippen LogP contribution in [0.15, 0.2) is 18.2 Å². The number of phenolic OH excluding ortho intramolecular Hbond substituents is 1. The molecule has 2 nitrogen and oxygen atoms in total. The zero-order valence-corrected chi connectivity index (χ0v) is 10.1. The van der Waals surface area contributed by atoms with Gasteiger partial charge in [-0.25, -0.2) is 0 Å². The van der Waals surface area contributed by atoms with Crippen LogP contribution >= 0.6 is 0 Å². The Bertz CT molecular complexity index is 373. The Morgan fingerprint density at radius 1 is 1.44 bits per heavy atom. The molecular formula is C14H21NO. The largest absolute Gasteiger partial charge is 0.508 e. The summed E-state index contributed by atoms with van der Waals surface area (Å²) in [5.74, 6) is 2.02. The minimum absolute atomic E-state index is 0.377. The van der Waals surface area contributed by atoms with Gasteiger partial charge in [0.2, 0.25) is 0 Å². The lowest BCUT2D eigenvalue weighted by Gasteiger charge is -2.35. The Morgan fingerprint density at radius 2 is 2.19 bits per heavy atom. The summed E-state index contributed by atoms with van der Waals surface area (Å²) in [5.41, 5.74) is 8.57. The molecule has 1 aromatic rings. The predicted molar refractivity (Wildman–Crippen MR) is 66.6 cm³/mol. The SMILES string of the molecule is CC(C)C1c2cc(O)ccc2CCC1CN. The van der Waals surface area contributed by atoms with Crippen molar-refractivity contribution >= 4 is 0 Å². The van der Waals surface area contributed by atoms with Gasteiger partial charge in [0.1, 0.15) is 5.75 Å². The monoisotopic (exact) mass is 219 g/mol. The molecule has 0 fully saturated rings. The Kier molecular flexibility index (Phi) is 3.20. The second-order valence-electron chi connectivity index (χ2n) is 5.19. The number of benzene rings is 1. The fourth-order valence-electron chi connectivity index (χ4n) is 3.06. The fraction of sp³-hybridized carbons (Fsp3) is 0.571. The van der Waals surface area contributed by atoms with Crippen LogP contribution in [-0.2, 0) is 6.42 Å². The maximum atomic E-state index is 9.62. The van der Waals surface area contributed by atoms with Crippen molar-refractivity contribution < 1.29 is 5.11 Å². The molecule has 1 aliphatic carbocycles. The normalized spacial score (nSPS) is 24.5. The van der Waals surface area contributed by atoms with E-state index in [9.17, 15) is 5.11 Å². The van der Waals surface area contributed by atoms with Gasteiger partial charge < -0.3 is 10.8 Å². The number of aryl methyl sites for hydroxylation is 1. The topological polar surface area (TPSA) is 46.2 Å². The second kappa shape index (κ2) is 4.46. The molecule has 3 N–H and O–H groups in total. The minimum atomic E-state index is 0.377. The van der Waals surface area contributed by atoms with Crippen molar-refractivity contribution in [2.45, 2.75) is 32.6 Å². The van der Waals surface area contributed by atoms with Crippen LogP contribution in [-0.4, -0.2) is 11.7 Å². The Hall–Kier alpha value is -1.02. The summed E-state index contributed by atoms with van der Waals surface area (Å²) in [6.45, 7) is 5.23. The van der Waals surface area contributed by atoms with Gasteiger partial charge in [-0.05, 0) is 60.4 Å². The molecule has 0 aliphatic heterocycles. The lowest BCUT2D eigenvalue weighted by atomic mass is 9.70. The van der Waals surface area contributed by atoms with Gasteiger partial charge in [0, 0.05) is 0 Å². The van der Waals surface area contributed by atoms with E-state index in [2.05, 4.69) is 19.9 Å². The summed E-state index contributed by atoms with van der Waals surface area (Å²) in [6.07, 6.45) is 2.28.